The predicted molar refractivity (Wildman–Crippen MR) is 175 cm³/mol. The normalized spacial score (nSPS) is 13.8. The molecule has 0 N–H and O–H groups in total. The second-order valence-corrected chi connectivity index (χ2v) is 12.0. The second kappa shape index (κ2) is 6.21. The van der Waals surface area contributed by atoms with Gasteiger partial charge in [0.25, 0.3) is 0 Å². The van der Waals surface area contributed by atoms with Crippen LogP contribution in [0.15, 0.2) is 115 Å². The van der Waals surface area contributed by atoms with Crippen molar-refractivity contribution < 1.29 is 0 Å². The summed E-state index contributed by atoms with van der Waals surface area (Å²) in [7, 11) is 0. The molecule has 5 heterocycles. The second-order valence-electron chi connectivity index (χ2n) is 12.0. The van der Waals surface area contributed by atoms with Gasteiger partial charge >= 0.3 is 6.85 Å². The van der Waals surface area contributed by atoms with Crippen LogP contribution in [-0.2, 0) is 0 Å². The number of para-hydroxylation sites is 3. The van der Waals surface area contributed by atoms with Gasteiger partial charge < -0.3 is 8.88 Å². The standard InChI is InChI=1S/C38H19BN2/c1-2-9-21-19-31-29(18-20(21)8-1)26-13-6-15-27-32-22-10-3-4-11-23(22)33-28-16-5-12-24-25-14-7-17-30-37(25)40(35(24)28)38(33)34(32)39(30)41(31)36(26)27/h1-19H. The fraction of sp³-hybridized carbons (Fsp3) is 0. The zero-order valence-electron chi connectivity index (χ0n) is 21.9. The molecule has 0 aliphatic carbocycles. The average Bonchev–Trinajstić information content (AvgIpc) is 3.67. The summed E-state index contributed by atoms with van der Waals surface area (Å²) >= 11 is 0. The molecule has 7 aromatic carbocycles. The van der Waals surface area contributed by atoms with Crippen LogP contribution in [-0.4, -0.2) is 15.7 Å². The van der Waals surface area contributed by atoms with Crippen LogP contribution < -0.4 is 10.9 Å². The van der Waals surface area contributed by atoms with Gasteiger partial charge in [0.2, 0.25) is 0 Å². The molecule has 0 unspecified atom stereocenters. The summed E-state index contributed by atoms with van der Waals surface area (Å²) in [6.45, 7) is 0.106. The molecule has 0 saturated heterocycles. The van der Waals surface area contributed by atoms with Crippen molar-refractivity contribution in [2.75, 3.05) is 0 Å². The van der Waals surface area contributed by atoms with Crippen molar-refractivity contribution >= 4 is 99.2 Å². The number of nitrogens with zero attached hydrogens (tertiary/aromatic N) is 2. The molecule has 0 radical (unpaired) electrons. The third kappa shape index (κ3) is 1.93. The van der Waals surface area contributed by atoms with E-state index in [-0.39, 0.29) is 6.85 Å². The minimum atomic E-state index is 0.106. The van der Waals surface area contributed by atoms with Gasteiger partial charge in [-0.05, 0) is 50.2 Å². The molecule has 184 valence electrons. The number of hydrogen-bond donors (Lipinski definition) is 0. The molecule has 3 aromatic heterocycles. The lowest BCUT2D eigenvalue weighted by Gasteiger charge is -2.32. The van der Waals surface area contributed by atoms with Crippen molar-refractivity contribution in [3.8, 4) is 11.1 Å². The Labute approximate surface area is 234 Å². The molecule has 0 bridgehead atoms. The van der Waals surface area contributed by atoms with Crippen LogP contribution in [0.1, 0.15) is 0 Å². The number of hydrogen-bond acceptors (Lipinski definition) is 0. The van der Waals surface area contributed by atoms with Crippen molar-refractivity contribution in [3.63, 3.8) is 0 Å². The van der Waals surface area contributed by atoms with E-state index in [1.54, 1.807) is 0 Å². The van der Waals surface area contributed by atoms with Gasteiger partial charge in [-0.3, -0.25) is 0 Å². The SMILES string of the molecule is c1ccc2cc3c(cc2c1)c1cccc2c1n3B1c3cccc4c5cccc6c7c8ccccc8c-2c1c7n(c34)c56. The first-order chi connectivity index (χ1) is 20.4. The summed E-state index contributed by atoms with van der Waals surface area (Å²) in [5.41, 5.74) is 12.4. The molecule has 0 atom stereocenters. The Balaban J connectivity index is 1.46. The summed E-state index contributed by atoms with van der Waals surface area (Å²) in [6, 6.07) is 43.6. The highest BCUT2D eigenvalue weighted by atomic mass is 15.0. The minimum absolute atomic E-state index is 0.106. The lowest BCUT2D eigenvalue weighted by Crippen LogP contribution is -2.53. The Morgan fingerprint density at radius 3 is 2.00 bits per heavy atom. The van der Waals surface area contributed by atoms with Gasteiger partial charge in [-0.15, -0.1) is 0 Å². The van der Waals surface area contributed by atoms with Crippen molar-refractivity contribution in [2.24, 2.45) is 0 Å². The summed E-state index contributed by atoms with van der Waals surface area (Å²) in [5.74, 6) is 0. The number of fused-ring (bicyclic) bond motifs is 12. The first-order valence-corrected chi connectivity index (χ1v) is 14.5. The van der Waals surface area contributed by atoms with E-state index in [0.717, 1.165) is 0 Å². The highest BCUT2D eigenvalue weighted by Gasteiger charge is 2.42. The van der Waals surface area contributed by atoms with Crippen LogP contribution in [0.3, 0.4) is 0 Å². The molecule has 0 saturated carbocycles. The Morgan fingerprint density at radius 2 is 1.12 bits per heavy atom. The van der Waals surface area contributed by atoms with Crippen LogP contribution >= 0.6 is 0 Å². The van der Waals surface area contributed by atoms with Crippen molar-refractivity contribution in [2.45, 2.75) is 0 Å². The highest BCUT2D eigenvalue weighted by Crippen LogP contribution is 2.49. The minimum Gasteiger partial charge on any atom is -0.375 e. The highest BCUT2D eigenvalue weighted by molar-refractivity contribution is 6.91. The predicted octanol–water partition coefficient (Wildman–Crippen LogP) is 8.20. The molecule has 12 rings (SSSR count). The van der Waals surface area contributed by atoms with E-state index >= 15 is 0 Å². The maximum atomic E-state index is 2.69. The van der Waals surface area contributed by atoms with Crippen molar-refractivity contribution in [1.29, 1.82) is 0 Å². The number of benzene rings is 7. The molecule has 0 amide bonds. The van der Waals surface area contributed by atoms with E-state index < -0.39 is 0 Å². The van der Waals surface area contributed by atoms with Crippen molar-refractivity contribution in [3.05, 3.63) is 115 Å². The Kier molecular flexibility index (Phi) is 2.99. The first-order valence-electron chi connectivity index (χ1n) is 14.5. The zero-order valence-corrected chi connectivity index (χ0v) is 21.9. The van der Waals surface area contributed by atoms with E-state index in [9.17, 15) is 0 Å². The summed E-state index contributed by atoms with van der Waals surface area (Å²) in [4.78, 5) is 0. The Morgan fingerprint density at radius 1 is 0.463 bits per heavy atom. The van der Waals surface area contributed by atoms with E-state index in [1.165, 1.54) is 103 Å². The van der Waals surface area contributed by atoms with Crippen LogP contribution in [0.5, 0.6) is 0 Å². The largest absolute Gasteiger partial charge is 0.375 e. The van der Waals surface area contributed by atoms with Gasteiger partial charge in [0.05, 0.1) is 16.6 Å². The molecule has 41 heavy (non-hydrogen) atoms. The fourth-order valence-electron chi connectivity index (χ4n) is 8.97. The summed E-state index contributed by atoms with van der Waals surface area (Å²) < 4.78 is 5.32. The van der Waals surface area contributed by atoms with Crippen LogP contribution in [0.25, 0.3) is 92.6 Å². The molecule has 10 aromatic rings. The molecule has 0 fully saturated rings. The van der Waals surface area contributed by atoms with Crippen LogP contribution in [0.2, 0.25) is 0 Å². The first kappa shape index (κ1) is 19.7. The fourth-order valence-corrected chi connectivity index (χ4v) is 8.97. The number of aromatic nitrogens is 2. The molecular weight excluding hydrogens is 495 g/mol. The van der Waals surface area contributed by atoms with E-state index in [2.05, 4.69) is 124 Å². The third-order valence-electron chi connectivity index (χ3n) is 10.3. The van der Waals surface area contributed by atoms with E-state index in [4.69, 9.17) is 0 Å². The maximum Gasteiger partial charge on any atom is 0.333 e. The molecule has 2 nitrogen and oxygen atoms in total. The van der Waals surface area contributed by atoms with E-state index in [0.29, 0.717) is 0 Å². The lowest BCUT2D eigenvalue weighted by molar-refractivity contribution is 1.31. The maximum absolute atomic E-state index is 2.69. The Bertz CT molecular complexity index is 2860. The zero-order chi connectivity index (χ0) is 26.1. The molecular formula is C38H19BN2. The molecule has 2 aliphatic heterocycles. The van der Waals surface area contributed by atoms with Gasteiger partial charge in [-0.2, -0.15) is 0 Å². The lowest BCUT2D eigenvalue weighted by atomic mass is 9.45. The molecule has 3 heteroatoms. The number of rotatable bonds is 0. The molecule has 0 spiro atoms. The van der Waals surface area contributed by atoms with Crippen LogP contribution in [0, 0.1) is 0 Å². The van der Waals surface area contributed by atoms with Gasteiger partial charge in [-0.1, -0.05) is 103 Å². The Hall–Kier alpha value is -5.28. The average molecular weight is 514 g/mol. The molecule has 2 aliphatic rings. The van der Waals surface area contributed by atoms with Gasteiger partial charge in [0, 0.05) is 48.9 Å². The van der Waals surface area contributed by atoms with Gasteiger partial charge in [-0.25, -0.2) is 0 Å². The van der Waals surface area contributed by atoms with Crippen molar-refractivity contribution in [1.82, 2.24) is 8.88 Å². The van der Waals surface area contributed by atoms with Gasteiger partial charge in [0.15, 0.2) is 0 Å². The van der Waals surface area contributed by atoms with E-state index in [1.807, 2.05) is 0 Å². The smallest absolute Gasteiger partial charge is 0.333 e. The topological polar surface area (TPSA) is 9.34 Å². The van der Waals surface area contributed by atoms with Crippen LogP contribution in [0.4, 0.5) is 0 Å². The monoisotopic (exact) mass is 514 g/mol. The summed E-state index contributed by atoms with van der Waals surface area (Å²) in [6.07, 6.45) is 0. The van der Waals surface area contributed by atoms with Gasteiger partial charge in [0.1, 0.15) is 0 Å². The quantitative estimate of drug-likeness (QED) is 0.181. The third-order valence-corrected chi connectivity index (χ3v) is 10.3. The summed E-state index contributed by atoms with van der Waals surface area (Å²) in [5, 5.41) is 13.5.